The normalized spacial score (nSPS) is 10.8. The van der Waals surface area contributed by atoms with Gasteiger partial charge in [0.25, 0.3) is 0 Å². The summed E-state index contributed by atoms with van der Waals surface area (Å²) in [7, 11) is 3.35. The van der Waals surface area contributed by atoms with E-state index in [1.54, 1.807) is 14.2 Å². The van der Waals surface area contributed by atoms with E-state index >= 15 is 0 Å². The number of benzene rings is 2. The van der Waals surface area contributed by atoms with Crippen molar-refractivity contribution < 1.29 is 9.47 Å². The fourth-order valence-electron chi connectivity index (χ4n) is 3.90. The van der Waals surface area contributed by atoms with Gasteiger partial charge >= 0.3 is 0 Å². The molecule has 0 spiro atoms. The molecule has 2 aromatic carbocycles. The minimum Gasteiger partial charge on any atom is -0.497 e. The van der Waals surface area contributed by atoms with Gasteiger partial charge in [0.2, 0.25) is 0 Å². The van der Waals surface area contributed by atoms with Gasteiger partial charge in [0.05, 0.1) is 26.5 Å². The molecule has 0 aliphatic carbocycles. The predicted octanol–water partition coefficient (Wildman–Crippen LogP) is 5.33. The largest absolute Gasteiger partial charge is 0.497 e. The Kier molecular flexibility index (Phi) is 7.10. The van der Waals surface area contributed by atoms with Crippen LogP contribution in [0.5, 0.6) is 11.5 Å². The van der Waals surface area contributed by atoms with Crippen LogP contribution in [0.2, 0.25) is 0 Å². The molecule has 4 aromatic rings. The van der Waals surface area contributed by atoms with Gasteiger partial charge < -0.3 is 24.7 Å². The number of fused-ring (bicyclic) bond motifs is 1. The second-order valence-electron chi connectivity index (χ2n) is 7.79. The van der Waals surface area contributed by atoms with Crippen LogP contribution in [0.4, 0.5) is 5.69 Å². The van der Waals surface area contributed by atoms with Gasteiger partial charge in [-0.25, -0.2) is 0 Å². The Labute approximate surface area is 199 Å². The Morgan fingerprint density at radius 3 is 2.61 bits per heavy atom. The van der Waals surface area contributed by atoms with Crippen molar-refractivity contribution in [3.05, 3.63) is 83.8 Å². The zero-order valence-corrected chi connectivity index (χ0v) is 19.9. The van der Waals surface area contributed by atoms with Gasteiger partial charge in [-0.3, -0.25) is 4.98 Å². The van der Waals surface area contributed by atoms with E-state index in [4.69, 9.17) is 21.7 Å². The fraction of sp³-hybridized carbons (Fsp3) is 0.231. The zero-order valence-electron chi connectivity index (χ0n) is 19.1. The molecule has 2 heterocycles. The molecule has 33 heavy (non-hydrogen) atoms. The van der Waals surface area contributed by atoms with Gasteiger partial charge in [-0.2, -0.15) is 0 Å². The van der Waals surface area contributed by atoms with Crippen molar-refractivity contribution >= 4 is 33.9 Å². The van der Waals surface area contributed by atoms with Crippen LogP contribution in [0, 0.1) is 6.92 Å². The molecule has 0 aliphatic rings. The number of H-pyrrole nitrogens is 1. The van der Waals surface area contributed by atoms with E-state index in [1.165, 1.54) is 10.9 Å². The second-order valence-corrected chi connectivity index (χ2v) is 8.18. The highest BCUT2D eigenvalue weighted by Crippen LogP contribution is 2.27. The average Bonchev–Trinajstić information content (AvgIpc) is 3.16. The maximum Gasteiger partial charge on any atom is 0.173 e. The highest BCUT2D eigenvalue weighted by atomic mass is 32.1. The maximum absolute atomic E-state index is 5.82. The first-order chi connectivity index (χ1) is 16.1. The minimum atomic E-state index is 0.612. The van der Waals surface area contributed by atoms with Crippen LogP contribution < -0.4 is 14.8 Å². The lowest BCUT2D eigenvalue weighted by Crippen LogP contribution is -2.36. The number of ether oxygens (including phenoxy) is 2. The van der Waals surface area contributed by atoms with Crippen LogP contribution in [0.25, 0.3) is 10.9 Å². The molecule has 0 atom stereocenters. The summed E-state index contributed by atoms with van der Waals surface area (Å²) in [4.78, 5) is 10.1. The van der Waals surface area contributed by atoms with Crippen molar-refractivity contribution in [3.8, 4) is 11.5 Å². The lowest BCUT2D eigenvalue weighted by Gasteiger charge is -2.26. The number of aryl methyl sites for hydroxylation is 1. The van der Waals surface area contributed by atoms with E-state index < -0.39 is 0 Å². The van der Waals surface area contributed by atoms with E-state index in [0.717, 1.165) is 47.1 Å². The lowest BCUT2D eigenvalue weighted by molar-refractivity contribution is 0.414. The molecule has 0 bridgehead atoms. The Bertz CT molecular complexity index is 1240. The quantitative estimate of drug-likeness (QED) is 0.347. The number of aromatic nitrogens is 2. The lowest BCUT2D eigenvalue weighted by atomic mass is 10.1. The van der Waals surface area contributed by atoms with E-state index in [1.807, 2.05) is 54.7 Å². The third kappa shape index (κ3) is 5.43. The Morgan fingerprint density at radius 1 is 1.03 bits per heavy atom. The molecule has 0 radical (unpaired) electrons. The first-order valence-electron chi connectivity index (χ1n) is 10.8. The smallest absolute Gasteiger partial charge is 0.173 e. The third-order valence-electron chi connectivity index (χ3n) is 5.65. The van der Waals surface area contributed by atoms with Crippen molar-refractivity contribution in [2.75, 3.05) is 26.1 Å². The van der Waals surface area contributed by atoms with Crippen molar-refractivity contribution in [1.82, 2.24) is 14.9 Å². The monoisotopic (exact) mass is 460 g/mol. The molecule has 0 aliphatic heterocycles. The average molecular weight is 461 g/mol. The van der Waals surface area contributed by atoms with Crippen LogP contribution in [0.15, 0.2) is 66.9 Å². The van der Waals surface area contributed by atoms with Gasteiger partial charge in [0.1, 0.15) is 11.5 Å². The Morgan fingerprint density at radius 2 is 1.85 bits per heavy atom. The number of rotatable bonds is 8. The van der Waals surface area contributed by atoms with Gasteiger partial charge in [0, 0.05) is 41.1 Å². The summed E-state index contributed by atoms with van der Waals surface area (Å²) in [6.07, 6.45) is 2.63. The molecule has 0 amide bonds. The number of nitrogens with one attached hydrogen (secondary N) is 2. The molecule has 7 heteroatoms. The first-order valence-corrected chi connectivity index (χ1v) is 11.2. The van der Waals surface area contributed by atoms with Crippen LogP contribution in [-0.4, -0.2) is 40.7 Å². The summed E-state index contributed by atoms with van der Waals surface area (Å²) < 4.78 is 10.8. The molecule has 0 saturated heterocycles. The fourth-order valence-corrected chi connectivity index (χ4v) is 4.17. The van der Waals surface area contributed by atoms with Crippen molar-refractivity contribution in [2.24, 2.45) is 0 Å². The van der Waals surface area contributed by atoms with Crippen molar-refractivity contribution in [2.45, 2.75) is 19.9 Å². The Balaban J connectivity index is 1.56. The van der Waals surface area contributed by atoms with Crippen molar-refractivity contribution in [3.63, 3.8) is 0 Å². The summed E-state index contributed by atoms with van der Waals surface area (Å²) in [5.41, 5.74) is 5.38. The summed E-state index contributed by atoms with van der Waals surface area (Å²) in [5.74, 6) is 1.63. The summed E-state index contributed by atoms with van der Waals surface area (Å²) in [6, 6.07) is 19.8. The molecule has 2 aromatic heterocycles. The standard InChI is InChI=1S/C26H28N4O2S/c1-18-23(24-16-22(32-3)10-11-25(24)28-18)12-14-30(17-20-7-4-5-13-27-20)26(33)29-19-8-6-9-21(15-19)31-2/h4-11,13,15-16,28H,12,14,17H2,1-3H3,(H,29,33). The molecule has 0 fully saturated rings. The van der Waals surface area contributed by atoms with Gasteiger partial charge in [-0.05, 0) is 73.6 Å². The van der Waals surface area contributed by atoms with E-state index in [-0.39, 0.29) is 0 Å². The molecule has 2 N–H and O–H groups in total. The van der Waals surface area contributed by atoms with Gasteiger partial charge in [-0.1, -0.05) is 12.1 Å². The minimum absolute atomic E-state index is 0.612. The first kappa shape index (κ1) is 22.6. The molecule has 0 saturated carbocycles. The Hall–Kier alpha value is -3.58. The van der Waals surface area contributed by atoms with Crippen LogP contribution in [0.3, 0.4) is 0 Å². The summed E-state index contributed by atoms with van der Waals surface area (Å²) in [6.45, 7) is 3.45. The molecule has 4 rings (SSSR count). The number of hydrogen-bond acceptors (Lipinski definition) is 4. The zero-order chi connectivity index (χ0) is 23.2. The van der Waals surface area contributed by atoms with E-state index in [9.17, 15) is 0 Å². The van der Waals surface area contributed by atoms with E-state index in [0.29, 0.717) is 11.7 Å². The molecule has 0 unspecified atom stereocenters. The SMILES string of the molecule is COc1cccc(NC(=S)N(CCc2c(C)[nH]c3ccc(OC)cc23)Cc2ccccn2)c1. The van der Waals surface area contributed by atoms with Crippen LogP contribution in [-0.2, 0) is 13.0 Å². The number of thiocarbonyl (C=S) groups is 1. The van der Waals surface area contributed by atoms with Gasteiger partial charge in [-0.15, -0.1) is 0 Å². The topological polar surface area (TPSA) is 62.4 Å². The molecular weight excluding hydrogens is 432 g/mol. The molecule has 6 nitrogen and oxygen atoms in total. The second kappa shape index (κ2) is 10.4. The summed E-state index contributed by atoms with van der Waals surface area (Å²) >= 11 is 5.82. The predicted molar refractivity (Wildman–Crippen MR) is 137 cm³/mol. The number of nitrogens with zero attached hydrogens (tertiary/aromatic N) is 2. The number of hydrogen-bond donors (Lipinski definition) is 2. The molecular formula is C26H28N4O2S. The maximum atomic E-state index is 5.82. The molecule has 170 valence electrons. The van der Waals surface area contributed by atoms with Gasteiger partial charge in [0.15, 0.2) is 5.11 Å². The number of pyridine rings is 1. The van der Waals surface area contributed by atoms with E-state index in [2.05, 4.69) is 39.2 Å². The van der Waals surface area contributed by atoms with Crippen LogP contribution >= 0.6 is 12.2 Å². The number of methoxy groups -OCH3 is 2. The number of aromatic amines is 1. The third-order valence-corrected chi connectivity index (χ3v) is 6.01. The number of anilines is 1. The highest BCUT2D eigenvalue weighted by molar-refractivity contribution is 7.80. The highest BCUT2D eigenvalue weighted by Gasteiger charge is 2.15. The van der Waals surface area contributed by atoms with Crippen LogP contribution in [0.1, 0.15) is 17.0 Å². The summed E-state index contributed by atoms with van der Waals surface area (Å²) in [5, 5.41) is 5.18. The van der Waals surface area contributed by atoms with Crippen molar-refractivity contribution in [1.29, 1.82) is 0 Å².